The molecule has 0 bridgehead atoms. The maximum absolute atomic E-state index is 15.3. The molecule has 0 atom stereocenters. The third kappa shape index (κ3) is 7.12. The first-order chi connectivity index (χ1) is 17.9. The summed E-state index contributed by atoms with van der Waals surface area (Å²) in [5, 5.41) is 0. The maximum atomic E-state index is 15.3. The second-order valence-corrected chi connectivity index (χ2v) is 11.0. The van der Waals surface area contributed by atoms with E-state index in [1.807, 2.05) is 12.1 Å². The van der Waals surface area contributed by atoms with Crippen LogP contribution >= 0.6 is 0 Å². The molecular formula is C32H42F2O3. The fourth-order valence-electron chi connectivity index (χ4n) is 5.82. The highest BCUT2D eigenvalue weighted by molar-refractivity contribution is 5.78. The van der Waals surface area contributed by atoms with Crippen molar-refractivity contribution in [3.63, 3.8) is 0 Å². The molecule has 2 aromatic carbocycles. The molecule has 1 fully saturated rings. The minimum absolute atomic E-state index is 0.0711. The van der Waals surface area contributed by atoms with Crippen molar-refractivity contribution in [2.24, 2.45) is 11.8 Å². The Bertz CT molecular complexity index is 1040. The molecule has 202 valence electrons. The fraction of sp³-hybridized carbons (Fsp3) is 0.594. The molecule has 5 heteroatoms. The molecule has 2 aliphatic carbocycles. The van der Waals surface area contributed by atoms with Gasteiger partial charge in [-0.05, 0) is 79.0 Å². The van der Waals surface area contributed by atoms with Crippen molar-refractivity contribution in [1.82, 2.24) is 0 Å². The quantitative estimate of drug-likeness (QED) is 0.161. The summed E-state index contributed by atoms with van der Waals surface area (Å²) in [6.45, 7) is 4.97. The van der Waals surface area contributed by atoms with Gasteiger partial charge >= 0.3 is 5.97 Å². The van der Waals surface area contributed by atoms with Crippen molar-refractivity contribution in [3.8, 4) is 22.6 Å². The molecule has 0 radical (unpaired) electrons. The van der Waals surface area contributed by atoms with Gasteiger partial charge in [0.25, 0.3) is 5.92 Å². The van der Waals surface area contributed by atoms with Crippen LogP contribution in [0.2, 0.25) is 0 Å². The van der Waals surface area contributed by atoms with Crippen molar-refractivity contribution in [3.05, 3.63) is 47.5 Å². The number of halogens is 2. The van der Waals surface area contributed by atoms with Gasteiger partial charge in [0, 0.05) is 12.0 Å². The Morgan fingerprint density at radius 2 is 1.57 bits per heavy atom. The van der Waals surface area contributed by atoms with Gasteiger partial charge in [0.1, 0.15) is 11.5 Å². The van der Waals surface area contributed by atoms with Crippen LogP contribution in [0.15, 0.2) is 36.4 Å². The van der Waals surface area contributed by atoms with Crippen LogP contribution in [0, 0.1) is 11.8 Å². The smallest absolute Gasteiger partial charge is 0.314 e. The Hall–Kier alpha value is -2.43. The molecule has 37 heavy (non-hydrogen) atoms. The Balaban J connectivity index is 1.39. The van der Waals surface area contributed by atoms with Gasteiger partial charge in [-0.1, -0.05) is 70.9 Å². The lowest BCUT2D eigenvalue weighted by atomic mass is 9.80. The second kappa shape index (κ2) is 12.9. The summed E-state index contributed by atoms with van der Waals surface area (Å²) in [6, 6.07) is 10.2. The fourth-order valence-corrected chi connectivity index (χ4v) is 5.82. The minimum atomic E-state index is -3.04. The minimum Gasteiger partial charge on any atom is -0.494 e. The number of alkyl halides is 2. The summed E-state index contributed by atoms with van der Waals surface area (Å²) in [7, 11) is 0. The predicted octanol–water partition coefficient (Wildman–Crippen LogP) is 9.25. The average molecular weight is 513 g/mol. The molecule has 1 saturated carbocycles. The molecule has 0 unspecified atom stereocenters. The highest BCUT2D eigenvalue weighted by Gasteiger charge is 2.40. The van der Waals surface area contributed by atoms with E-state index in [-0.39, 0.29) is 29.6 Å². The van der Waals surface area contributed by atoms with E-state index in [0.717, 1.165) is 50.5 Å². The highest BCUT2D eigenvalue weighted by atomic mass is 19.3. The maximum Gasteiger partial charge on any atom is 0.314 e. The van der Waals surface area contributed by atoms with Gasteiger partial charge in [-0.2, -0.15) is 0 Å². The summed E-state index contributed by atoms with van der Waals surface area (Å²) < 4.78 is 42.0. The van der Waals surface area contributed by atoms with Gasteiger partial charge in [-0.3, -0.25) is 4.79 Å². The summed E-state index contributed by atoms with van der Waals surface area (Å²) in [5.74, 6) is -1.91. The molecule has 4 rings (SSSR count). The Morgan fingerprint density at radius 1 is 0.865 bits per heavy atom. The van der Waals surface area contributed by atoms with Crippen LogP contribution in [0.5, 0.6) is 11.5 Å². The SMILES string of the molecule is CCCCCCOc1ccc2c(c1)CC(F)(F)c1cc(OC(=O)C3CCC(CCCCC)CC3)ccc1-2. The van der Waals surface area contributed by atoms with Crippen LogP contribution in [-0.4, -0.2) is 12.6 Å². The number of benzene rings is 2. The van der Waals surface area contributed by atoms with Crippen LogP contribution in [0.4, 0.5) is 8.78 Å². The molecule has 0 saturated heterocycles. The molecule has 3 nitrogen and oxygen atoms in total. The highest BCUT2D eigenvalue weighted by Crippen LogP contribution is 2.47. The van der Waals surface area contributed by atoms with E-state index in [1.165, 1.54) is 38.2 Å². The number of rotatable bonds is 12. The van der Waals surface area contributed by atoms with Crippen molar-refractivity contribution in [2.45, 2.75) is 103 Å². The lowest BCUT2D eigenvalue weighted by Gasteiger charge is -2.29. The van der Waals surface area contributed by atoms with E-state index in [0.29, 0.717) is 29.4 Å². The molecule has 2 aromatic rings. The van der Waals surface area contributed by atoms with E-state index in [2.05, 4.69) is 13.8 Å². The molecule has 2 aliphatic rings. The summed E-state index contributed by atoms with van der Waals surface area (Å²) in [5.41, 5.74) is 1.80. The lowest BCUT2D eigenvalue weighted by Crippen LogP contribution is -2.26. The number of fused-ring (bicyclic) bond motifs is 3. The number of carbonyl (C=O) groups is 1. The van der Waals surface area contributed by atoms with E-state index < -0.39 is 5.92 Å². The Kier molecular flexibility index (Phi) is 9.61. The molecule has 0 aliphatic heterocycles. The zero-order chi connectivity index (χ0) is 26.3. The molecule has 0 N–H and O–H groups in total. The molecule has 0 spiro atoms. The van der Waals surface area contributed by atoms with Gasteiger partial charge in [-0.25, -0.2) is 8.78 Å². The normalized spacial score (nSPS) is 20.1. The molecule has 0 amide bonds. The van der Waals surface area contributed by atoms with Crippen LogP contribution in [-0.2, 0) is 17.1 Å². The third-order valence-corrected chi connectivity index (χ3v) is 8.05. The number of carbonyl (C=O) groups excluding carboxylic acids is 1. The molecule has 0 heterocycles. The number of hydrogen-bond acceptors (Lipinski definition) is 3. The summed E-state index contributed by atoms with van der Waals surface area (Å²) >= 11 is 0. The van der Waals surface area contributed by atoms with Crippen molar-refractivity contribution < 1.29 is 23.0 Å². The van der Waals surface area contributed by atoms with Gasteiger partial charge < -0.3 is 9.47 Å². The van der Waals surface area contributed by atoms with Gasteiger partial charge in [0.15, 0.2) is 0 Å². The first kappa shape index (κ1) is 27.6. The number of ether oxygens (including phenoxy) is 2. The first-order valence-electron chi connectivity index (χ1n) is 14.4. The van der Waals surface area contributed by atoms with Crippen LogP contribution in [0.25, 0.3) is 11.1 Å². The topological polar surface area (TPSA) is 35.5 Å². The monoisotopic (exact) mass is 512 g/mol. The van der Waals surface area contributed by atoms with E-state index in [1.54, 1.807) is 18.2 Å². The largest absolute Gasteiger partial charge is 0.494 e. The number of unbranched alkanes of at least 4 members (excludes halogenated alkanes) is 5. The first-order valence-corrected chi connectivity index (χ1v) is 14.4. The van der Waals surface area contributed by atoms with Crippen molar-refractivity contribution >= 4 is 5.97 Å². The van der Waals surface area contributed by atoms with Crippen molar-refractivity contribution in [2.75, 3.05) is 6.61 Å². The van der Waals surface area contributed by atoms with Crippen molar-refractivity contribution in [1.29, 1.82) is 0 Å². The van der Waals surface area contributed by atoms with E-state index >= 15 is 8.78 Å². The van der Waals surface area contributed by atoms with Crippen LogP contribution < -0.4 is 9.47 Å². The number of esters is 1. The van der Waals surface area contributed by atoms with Gasteiger partial charge in [0.2, 0.25) is 0 Å². The second-order valence-electron chi connectivity index (χ2n) is 11.0. The summed E-state index contributed by atoms with van der Waals surface area (Å²) in [4.78, 5) is 12.8. The van der Waals surface area contributed by atoms with Crippen LogP contribution in [0.1, 0.15) is 102 Å². The van der Waals surface area contributed by atoms with Crippen LogP contribution in [0.3, 0.4) is 0 Å². The van der Waals surface area contributed by atoms with Gasteiger partial charge in [-0.15, -0.1) is 0 Å². The zero-order valence-electron chi connectivity index (χ0n) is 22.5. The Labute approximate surface area is 220 Å². The average Bonchev–Trinajstić information content (AvgIpc) is 2.89. The third-order valence-electron chi connectivity index (χ3n) is 8.05. The van der Waals surface area contributed by atoms with E-state index in [9.17, 15) is 4.79 Å². The zero-order valence-corrected chi connectivity index (χ0v) is 22.5. The summed E-state index contributed by atoms with van der Waals surface area (Å²) in [6.07, 6.45) is 12.8. The predicted molar refractivity (Wildman–Crippen MR) is 144 cm³/mol. The standard InChI is InChI=1S/C32H42F2O3/c1-3-5-7-9-19-36-26-15-17-28-25(20-26)22-32(33,34)30-21-27(16-18-29(28)30)37-31(35)24-13-11-23(12-14-24)10-8-6-4-2/h15-18,20-21,23-24H,3-14,19,22H2,1-2H3. The Morgan fingerprint density at radius 3 is 2.32 bits per heavy atom. The molecule has 0 aromatic heterocycles. The van der Waals surface area contributed by atoms with Gasteiger partial charge in [0.05, 0.1) is 12.5 Å². The van der Waals surface area contributed by atoms with E-state index in [4.69, 9.17) is 9.47 Å². The lowest BCUT2D eigenvalue weighted by molar-refractivity contribution is -0.140. The number of hydrogen-bond donors (Lipinski definition) is 0. The molecular weight excluding hydrogens is 470 g/mol.